The van der Waals surface area contributed by atoms with Gasteiger partial charge in [0.1, 0.15) is 5.82 Å². The second kappa shape index (κ2) is 7.32. The zero-order chi connectivity index (χ0) is 16.1. The lowest BCUT2D eigenvalue weighted by Crippen LogP contribution is -2.25. The fourth-order valence-corrected chi connectivity index (χ4v) is 3.20. The van der Waals surface area contributed by atoms with E-state index < -0.39 is 0 Å². The third-order valence-corrected chi connectivity index (χ3v) is 4.70. The van der Waals surface area contributed by atoms with Crippen molar-refractivity contribution in [2.24, 2.45) is 0 Å². The first-order chi connectivity index (χ1) is 11.2. The summed E-state index contributed by atoms with van der Waals surface area (Å²) in [6.45, 7) is 2.63. The second-order valence-corrected chi connectivity index (χ2v) is 6.30. The van der Waals surface area contributed by atoms with Gasteiger partial charge in [-0.05, 0) is 31.9 Å². The first kappa shape index (κ1) is 15.6. The summed E-state index contributed by atoms with van der Waals surface area (Å²) in [5, 5.41) is 11.3. The molecule has 3 aromatic heterocycles. The molecular formula is C16H19N5OS. The van der Waals surface area contributed by atoms with E-state index in [1.54, 1.807) is 11.3 Å². The van der Waals surface area contributed by atoms with Crippen molar-refractivity contribution in [2.45, 2.75) is 32.6 Å². The molecule has 0 saturated heterocycles. The largest absolute Gasteiger partial charge is 0.356 e. The van der Waals surface area contributed by atoms with Crippen molar-refractivity contribution in [3.05, 3.63) is 46.3 Å². The van der Waals surface area contributed by atoms with E-state index in [9.17, 15) is 4.79 Å². The third kappa shape index (κ3) is 3.92. The number of rotatable bonds is 7. The molecule has 1 amide bonds. The molecule has 120 valence electrons. The molecule has 1 N–H and O–H groups in total. The Hall–Kier alpha value is -2.28. The Labute approximate surface area is 138 Å². The topological polar surface area (TPSA) is 72.2 Å². The van der Waals surface area contributed by atoms with Gasteiger partial charge < -0.3 is 5.32 Å². The van der Waals surface area contributed by atoms with Gasteiger partial charge in [-0.15, -0.1) is 21.5 Å². The van der Waals surface area contributed by atoms with E-state index in [-0.39, 0.29) is 5.91 Å². The van der Waals surface area contributed by atoms with Crippen LogP contribution in [0, 0.1) is 6.92 Å². The lowest BCUT2D eigenvalue weighted by Gasteiger charge is -2.04. The Balaban J connectivity index is 1.39. The molecule has 0 spiro atoms. The maximum absolute atomic E-state index is 11.9. The predicted octanol–water partition coefficient (Wildman–Crippen LogP) is 2.18. The molecule has 23 heavy (non-hydrogen) atoms. The van der Waals surface area contributed by atoms with Crippen molar-refractivity contribution >= 4 is 22.9 Å². The van der Waals surface area contributed by atoms with E-state index in [0.29, 0.717) is 13.0 Å². The molecule has 0 unspecified atom stereocenters. The summed E-state index contributed by atoms with van der Waals surface area (Å²) in [6.07, 6.45) is 4.87. The second-order valence-electron chi connectivity index (χ2n) is 5.36. The van der Waals surface area contributed by atoms with Crippen LogP contribution < -0.4 is 5.32 Å². The standard InChI is InChI=1S/C16H19N5OS/c1-12-13(23-11-18-12)7-8-16(22)17-9-4-6-15-20-19-14-5-2-3-10-21(14)15/h2-3,5,10-11H,4,6-9H2,1H3,(H,17,22). The number of carbonyl (C=O) groups is 1. The van der Waals surface area contributed by atoms with Gasteiger partial charge in [-0.25, -0.2) is 4.98 Å². The maximum Gasteiger partial charge on any atom is 0.220 e. The van der Waals surface area contributed by atoms with Crippen LogP contribution in [0.5, 0.6) is 0 Å². The Kier molecular flexibility index (Phi) is 4.97. The zero-order valence-electron chi connectivity index (χ0n) is 13.0. The first-order valence-corrected chi connectivity index (χ1v) is 8.56. The number of thiazole rings is 1. The number of aromatic nitrogens is 4. The van der Waals surface area contributed by atoms with Crippen LogP contribution in [0.2, 0.25) is 0 Å². The molecule has 0 radical (unpaired) electrons. The summed E-state index contributed by atoms with van der Waals surface area (Å²) in [6, 6.07) is 5.83. The first-order valence-electron chi connectivity index (χ1n) is 7.68. The summed E-state index contributed by atoms with van der Waals surface area (Å²) in [7, 11) is 0. The summed E-state index contributed by atoms with van der Waals surface area (Å²) < 4.78 is 1.98. The van der Waals surface area contributed by atoms with Gasteiger partial charge in [-0.1, -0.05) is 6.07 Å². The van der Waals surface area contributed by atoms with E-state index >= 15 is 0 Å². The summed E-state index contributed by atoms with van der Waals surface area (Å²) in [5.41, 5.74) is 3.71. The van der Waals surface area contributed by atoms with Gasteiger partial charge in [0.05, 0.1) is 11.2 Å². The number of carbonyl (C=O) groups excluding carboxylic acids is 1. The van der Waals surface area contributed by atoms with Crippen LogP contribution in [0.1, 0.15) is 29.2 Å². The minimum Gasteiger partial charge on any atom is -0.356 e. The van der Waals surface area contributed by atoms with Gasteiger partial charge in [0.15, 0.2) is 5.65 Å². The quantitative estimate of drug-likeness (QED) is 0.674. The Morgan fingerprint density at radius 2 is 2.22 bits per heavy atom. The Morgan fingerprint density at radius 3 is 3.04 bits per heavy atom. The number of nitrogens with zero attached hydrogens (tertiary/aromatic N) is 4. The molecule has 0 bridgehead atoms. The third-order valence-electron chi connectivity index (χ3n) is 3.71. The van der Waals surface area contributed by atoms with Crippen LogP contribution in [0.4, 0.5) is 0 Å². The molecule has 0 saturated carbocycles. The number of fused-ring (bicyclic) bond motifs is 1. The molecule has 7 heteroatoms. The highest BCUT2D eigenvalue weighted by molar-refractivity contribution is 7.09. The molecule has 3 aromatic rings. The number of hydrogen-bond donors (Lipinski definition) is 1. The maximum atomic E-state index is 11.9. The monoisotopic (exact) mass is 329 g/mol. The summed E-state index contributed by atoms with van der Waals surface area (Å²) in [4.78, 5) is 17.2. The normalized spacial score (nSPS) is 11.0. The minimum absolute atomic E-state index is 0.0869. The van der Waals surface area contributed by atoms with E-state index in [1.807, 2.05) is 41.2 Å². The lowest BCUT2D eigenvalue weighted by atomic mass is 10.2. The van der Waals surface area contributed by atoms with Crippen LogP contribution in [0.25, 0.3) is 5.65 Å². The molecule has 6 nitrogen and oxygen atoms in total. The molecule has 0 aromatic carbocycles. The van der Waals surface area contributed by atoms with E-state index in [0.717, 1.165) is 36.4 Å². The van der Waals surface area contributed by atoms with Crippen LogP contribution in [0.15, 0.2) is 29.9 Å². The number of pyridine rings is 1. The zero-order valence-corrected chi connectivity index (χ0v) is 13.8. The van der Waals surface area contributed by atoms with Crippen molar-refractivity contribution in [3.63, 3.8) is 0 Å². The highest BCUT2D eigenvalue weighted by Gasteiger charge is 2.07. The van der Waals surface area contributed by atoms with Crippen molar-refractivity contribution < 1.29 is 4.79 Å². The van der Waals surface area contributed by atoms with Crippen LogP contribution in [-0.4, -0.2) is 32.0 Å². The van der Waals surface area contributed by atoms with E-state index in [2.05, 4.69) is 20.5 Å². The highest BCUT2D eigenvalue weighted by Crippen LogP contribution is 2.14. The summed E-state index contributed by atoms with van der Waals surface area (Å²) in [5.74, 6) is 1.01. The van der Waals surface area contributed by atoms with Gasteiger partial charge in [0.2, 0.25) is 5.91 Å². The van der Waals surface area contributed by atoms with Crippen LogP contribution in [0.3, 0.4) is 0 Å². The highest BCUT2D eigenvalue weighted by atomic mass is 32.1. The fraction of sp³-hybridized carbons (Fsp3) is 0.375. The number of amides is 1. The van der Waals surface area contributed by atoms with Gasteiger partial charge in [0, 0.05) is 30.5 Å². The lowest BCUT2D eigenvalue weighted by molar-refractivity contribution is -0.121. The minimum atomic E-state index is 0.0869. The molecule has 0 aliphatic carbocycles. The number of aryl methyl sites for hydroxylation is 3. The Bertz CT molecular complexity index is 794. The predicted molar refractivity (Wildman–Crippen MR) is 89.5 cm³/mol. The van der Waals surface area contributed by atoms with Gasteiger partial charge >= 0.3 is 0 Å². The van der Waals surface area contributed by atoms with E-state index in [1.165, 1.54) is 4.88 Å². The number of nitrogens with one attached hydrogen (secondary N) is 1. The average Bonchev–Trinajstić information content (AvgIpc) is 3.16. The van der Waals surface area contributed by atoms with Gasteiger partial charge in [-0.3, -0.25) is 9.20 Å². The van der Waals surface area contributed by atoms with Crippen molar-refractivity contribution in [2.75, 3.05) is 6.54 Å². The Morgan fingerprint density at radius 1 is 1.30 bits per heavy atom. The van der Waals surface area contributed by atoms with Crippen LogP contribution >= 0.6 is 11.3 Å². The summed E-state index contributed by atoms with van der Waals surface area (Å²) >= 11 is 1.61. The molecule has 3 rings (SSSR count). The smallest absolute Gasteiger partial charge is 0.220 e. The number of hydrogen-bond acceptors (Lipinski definition) is 5. The average molecular weight is 329 g/mol. The SMILES string of the molecule is Cc1ncsc1CCC(=O)NCCCc1nnc2ccccn12. The van der Waals surface area contributed by atoms with E-state index in [4.69, 9.17) is 0 Å². The molecule has 3 heterocycles. The fourth-order valence-electron chi connectivity index (χ4n) is 2.42. The van der Waals surface area contributed by atoms with Gasteiger partial charge in [-0.2, -0.15) is 0 Å². The molecule has 0 atom stereocenters. The molecule has 0 fully saturated rings. The van der Waals surface area contributed by atoms with Crippen LogP contribution in [-0.2, 0) is 17.6 Å². The van der Waals surface area contributed by atoms with Crippen molar-refractivity contribution in [1.29, 1.82) is 0 Å². The van der Waals surface area contributed by atoms with Gasteiger partial charge in [0.25, 0.3) is 0 Å². The van der Waals surface area contributed by atoms with Crippen molar-refractivity contribution in [1.82, 2.24) is 24.9 Å². The molecule has 0 aliphatic heterocycles. The van der Waals surface area contributed by atoms with Crippen molar-refractivity contribution in [3.8, 4) is 0 Å². The molecule has 0 aliphatic rings. The molecular weight excluding hydrogens is 310 g/mol.